The van der Waals surface area contributed by atoms with Gasteiger partial charge in [0.25, 0.3) is 0 Å². The van der Waals surface area contributed by atoms with Gasteiger partial charge in [-0.1, -0.05) is 6.42 Å². The number of ether oxygens (including phenoxy) is 1. The van der Waals surface area contributed by atoms with Crippen molar-refractivity contribution < 1.29 is 9.53 Å². The smallest absolute Gasteiger partial charge is 0.334 e. The van der Waals surface area contributed by atoms with E-state index in [2.05, 4.69) is 11.2 Å². The number of terminal acetylenes is 1. The van der Waals surface area contributed by atoms with Crippen LogP contribution in [0.1, 0.15) is 6.42 Å². The zero-order valence-corrected chi connectivity index (χ0v) is 4.05. The largest absolute Gasteiger partial charge is 0.372 e. The van der Waals surface area contributed by atoms with E-state index in [1.807, 2.05) is 0 Å². The van der Waals surface area contributed by atoms with E-state index in [4.69, 9.17) is 5.26 Å². The molecular weight excluding hydrogens is 106 g/mol. The van der Waals surface area contributed by atoms with Crippen LogP contribution in [-0.4, -0.2) is 5.97 Å². The van der Waals surface area contributed by atoms with E-state index in [-0.39, 0.29) is 6.42 Å². The zero-order valence-electron chi connectivity index (χ0n) is 4.05. The van der Waals surface area contributed by atoms with E-state index in [1.165, 1.54) is 0 Å². The molecule has 0 saturated carbocycles. The summed E-state index contributed by atoms with van der Waals surface area (Å²) < 4.78 is 3.95. The van der Waals surface area contributed by atoms with Gasteiger partial charge in [-0.05, 0) is 0 Å². The van der Waals surface area contributed by atoms with Gasteiger partial charge in [-0.25, -0.2) is 4.79 Å². The van der Waals surface area contributed by atoms with Crippen LogP contribution in [0.25, 0.3) is 0 Å². The van der Waals surface area contributed by atoms with Crippen molar-refractivity contribution in [3.05, 3.63) is 0 Å². The molecule has 0 aromatic heterocycles. The van der Waals surface area contributed by atoms with Gasteiger partial charge in [-0.2, -0.15) is 5.26 Å². The van der Waals surface area contributed by atoms with Crippen molar-refractivity contribution in [2.45, 2.75) is 6.42 Å². The zero-order chi connectivity index (χ0) is 6.41. The predicted octanol–water partition coefficient (Wildman–Crippen LogP) is 0.0340. The molecule has 0 fully saturated rings. The van der Waals surface area contributed by atoms with Gasteiger partial charge in [0.1, 0.15) is 12.5 Å². The summed E-state index contributed by atoms with van der Waals surface area (Å²) in [6.07, 6.45) is 5.92. The van der Waals surface area contributed by atoms with Crippen LogP contribution in [-0.2, 0) is 9.53 Å². The Bertz CT molecular complexity index is 142. The molecule has 0 rings (SSSR count). The average Bonchev–Trinajstić information content (AvgIpc) is 1.68. The van der Waals surface area contributed by atoms with Crippen molar-refractivity contribution >= 4 is 5.97 Å². The lowest BCUT2D eigenvalue weighted by Gasteiger charge is -1.83. The van der Waals surface area contributed by atoms with Gasteiger partial charge in [0.05, 0.1) is 6.07 Å². The molecule has 0 radical (unpaired) electrons. The molecular formula is C5H3NO2. The summed E-state index contributed by atoms with van der Waals surface area (Å²) in [4.78, 5) is 10.1. The normalized spacial score (nSPS) is 6.25. The summed E-state index contributed by atoms with van der Waals surface area (Å²) in [6, 6.07) is 1.58. The number of hydrogen-bond donors (Lipinski definition) is 0. The van der Waals surface area contributed by atoms with Crippen LogP contribution in [0.3, 0.4) is 0 Å². The second-order valence-electron chi connectivity index (χ2n) is 0.927. The van der Waals surface area contributed by atoms with Crippen LogP contribution in [0.4, 0.5) is 0 Å². The number of nitriles is 1. The van der Waals surface area contributed by atoms with Crippen LogP contribution in [0, 0.1) is 23.9 Å². The van der Waals surface area contributed by atoms with E-state index in [0.29, 0.717) is 0 Å². The third-order valence-corrected chi connectivity index (χ3v) is 0.396. The molecule has 8 heavy (non-hydrogen) atoms. The van der Waals surface area contributed by atoms with Crippen molar-refractivity contribution in [3.8, 4) is 18.6 Å². The van der Waals surface area contributed by atoms with E-state index >= 15 is 0 Å². The van der Waals surface area contributed by atoms with E-state index in [9.17, 15) is 4.79 Å². The Hall–Kier alpha value is -1.48. The van der Waals surface area contributed by atoms with Crippen LogP contribution in [0.2, 0.25) is 0 Å². The molecule has 0 N–H and O–H groups in total. The molecule has 0 atom stereocenters. The minimum Gasteiger partial charge on any atom is -0.372 e. The maximum atomic E-state index is 10.1. The topological polar surface area (TPSA) is 50.1 Å². The Morgan fingerprint density at radius 1 is 1.88 bits per heavy atom. The minimum atomic E-state index is -0.685. The lowest BCUT2D eigenvalue weighted by Crippen LogP contribution is -1.96. The Balaban J connectivity index is 3.41. The molecule has 0 aliphatic carbocycles. The molecule has 0 amide bonds. The molecule has 0 aromatic carbocycles. The van der Waals surface area contributed by atoms with E-state index < -0.39 is 5.97 Å². The first-order valence-electron chi connectivity index (χ1n) is 1.83. The monoisotopic (exact) mass is 109 g/mol. The van der Waals surface area contributed by atoms with Gasteiger partial charge in [-0.15, -0.1) is 0 Å². The standard InChI is InChI=1S/C5H3NO2/c1-2-8-5(7)3-4-6/h1H,3H2. The molecule has 0 aliphatic rings. The summed E-state index contributed by atoms with van der Waals surface area (Å²) >= 11 is 0. The van der Waals surface area contributed by atoms with Gasteiger partial charge in [0.15, 0.2) is 0 Å². The third-order valence-electron chi connectivity index (χ3n) is 0.396. The summed E-state index contributed by atoms with van der Waals surface area (Å²) in [5.41, 5.74) is 0. The summed E-state index contributed by atoms with van der Waals surface area (Å²) in [5, 5.41) is 7.84. The molecule has 0 bridgehead atoms. The number of carbonyl (C=O) groups excluding carboxylic acids is 1. The highest BCUT2D eigenvalue weighted by molar-refractivity contribution is 5.72. The maximum Gasteiger partial charge on any atom is 0.334 e. The molecule has 0 saturated heterocycles. The molecule has 0 aromatic rings. The Kier molecular flexibility index (Phi) is 3.02. The quantitative estimate of drug-likeness (QED) is 0.352. The summed E-state index contributed by atoms with van der Waals surface area (Å²) in [7, 11) is 0. The second kappa shape index (κ2) is 3.70. The fourth-order valence-corrected chi connectivity index (χ4v) is 0.166. The first-order valence-corrected chi connectivity index (χ1v) is 1.83. The molecule has 3 heteroatoms. The first kappa shape index (κ1) is 6.52. The number of esters is 1. The molecule has 40 valence electrons. The highest BCUT2D eigenvalue weighted by Gasteiger charge is 1.95. The number of hydrogen-bond acceptors (Lipinski definition) is 3. The Morgan fingerprint density at radius 2 is 2.50 bits per heavy atom. The van der Waals surface area contributed by atoms with Crippen LogP contribution >= 0.6 is 0 Å². The average molecular weight is 109 g/mol. The first-order chi connectivity index (χ1) is 3.81. The van der Waals surface area contributed by atoms with Crippen LogP contribution in [0.5, 0.6) is 0 Å². The van der Waals surface area contributed by atoms with Gasteiger partial charge >= 0.3 is 5.97 Å². The lowest BCUT2D eigenvalue weighted by atomic mass is 10.5. The maximum absolute atomic E-state index is 10.1. The van der Waals surface area contributed by atoms with Gasteiger partial charge in [0, 0.05) is 0 Å². The molecule has 3 nitrogen and oxygen atoms in total. The molecule has 0 aliphatic heterocycles. The number of carbonyl (C=O) groups is 1. The highest BCUT2D eigenvalue weighted by atomic mass is 16.5. The number of rotatable bonds is 1. The fraction of sp³-hybridized carbons (Fsp3) is 0.200. The van der Waals surface area contributed by atoms with Crippen molar-refractivity contribution in [1.82, 2.24) is 0 Å². The Labute approximate surface area is 46.9 Å². The fourth-order valence-electron chi connectivity index (χ4n) is 0.166. The van der Waals surface area contributed by atoms with Gasteiger partial charge < -0.3 is 4.74 Å². The predicted molar refractivity (Wildman–Crippen MR) is 25.2 cm³/mol. The lowest BCUT2D eigenvalue weighted by molar-refractivity contribution is -0.135. The van der Waals surface area contributed by atoms with E-state index in [0.717, 1.165) is 0 Å². The SMILES string of the molecule is C#COC(=O)CC#N. The van der Waals surface area contributed by atoms with Crippen LogP contribution < -0.4 is 0 Å². The van der Waals surface area contributed by atoms with Crippen molar-refractivity contribution in [2.24, 2.45) is 0 Å². The van der Waals surface area contributed by atoms with Crippen LogP contribution in [0.15, 0.2) is 0 Å². The minimum absolute atomic E-state index is 0.288. The van der Waals surface area contributed by atoms with Gasteiger partial charge in [0.2, 0.25) is 0 Å². The van der Waals surface area contributed by atoms with Crippen molar-refractivity contribution in [2.75, 3.05) is 0 Å². The van der Waals surface area contributed by atoms with Gasteiger partial charge in [-0.3, -0.25) is 0 Å². The molecule has 0 heterocycles. The highest BCUT2D eigenvalue weighted by Crippen LogP contribution is 1.79. The van der Waals surface area contributed by atoms with Crippen molar-refractivity contribution in [3.63, 3.8) is 0 Å². The summed E-state index contributed by atoms with van der Waals surface area (Å²) in [5.74, 6) is -0.685. The third kappa shape index (κ3) is 2.74. The van der Waals surface area contributed by atoms with Crippen molar-refractivity contribution in [1.29, 1.82) is 5.26 Å². The molecule has 0 spiro atoms. The molecule has 0 unspecified atom stereocenters. The summed E-state index contributed by atoms with van der Waals surface area (Å²) in [6.45, 7) is 0. The second-order valence-corrected chi connectivity index (χ2v) is 0.927. The van der Waals surface area contributed by atoms with E-state index in [1.54, 1.807) is 12.2 Å². The number of nitrogens with zero attached hydrogens (tertiary/aromatic N) is 1. The Morgan fingerprint density at radius 3 is 2.88 bits per heavy atom.